The molecular weight excluding hydrogens is 261 g/mol. The first-order valence-electron chi connectivity index (χ1n) is 5.19. The molecule has 6 heteroatoms. The number of halogens is 2. The summed E-state index contributed by atoms with van der Waals surface area (Å²) in [6, 6.07) is 1.63. The fraction of sp³-hybridized carbons (Fsp3) is 0.455. The number of hydrogen-bond donors (Lipinski definition) is 1. The summed E-state index contributed by atoms with van der Waals surface area (Å²) in [5.41, 5.74) is 0. The quantitative estimate of drug-likeness (QED) is 0.917. The topological polar surface area (TPSA) is 45.2 Å². The molecule has 0 spiro atoms. The molecule has 1 atom stereocenters. The van der Waals surface area contributed by atoms with Gasteiger partial charge in [0, 0.05) is 26.8 Å². The van der Waals surface area contributed by atoms with Crippen LogP contribution in [0.3, 0.4) is 0 Å². The van der Waals surface area contributed by atoms with E-state index in [2.05, 4.69) is 10.3 Å². The zero-order valence-corrected chi connectivity index (χ0v) is 11.5. The third-order valence-corrected chi connectivity index (χ3v) is 2.88. The maximum atomic E-state index is 11.4. The highest BCUT2D eigenvalue weighted by Gasteiger charge is 2.16. The summed E-state index contributed by atoms with van der Waals surface area (Å²) in [7, 11) is 3.45. The van der Waals surface area contributed by atoms with E-state index < -0.39 is 0 Å². The molecule has 0 saturated heterocycles. The van der Waals surface area contributed by atoms with Crippen LogP contribution in [0.4, 0.5) is 5.82 Å². The molecule has 0 aliphatic carbocycles. The van der Waals surface area contributed by atoms with Crippen LogP contribution in [-0.2, 0) is 4.79 Å². The van der Waals surface area contributed by atoms with E-state index in [-0.39, 0.29) is 11.8 Å². The summed E-state index contributed by atoms with van der Waals surface area (Å²) in [4.78, 5) is 17.4. The van der Waals surface area contributed by atoms with Crippen molar-refractivity contribution < 1.29 is 4.79 Å². The summed E-state index contributed by atoms with van der Waals surface area (Å²) in [5, 5.41) is 3.57. The summed E-state index contributed by atoms with van der Waals surface area (Å²) in [6.07, 6.45) is 1.53. The Hall–Kier alpha value is -1.000. The van der Waals surface area contributed by atoms with Crippen molar-refractivity contribution in [2.45, 2.75) is 6.92 Å². The molecule has 94 valence electrons. The maximum absolute atomic E-state index is 11.4. The monoisotopic (exact) mass is 275 g/mol. The third-order valence-electron chi connectivity index (χ3n) is 2.39. The van der Waals surface area contributed by atoms with Crippen LogP contribution in [-0.4, -0.2) is 31.5 Å². The van der Waals surface area contributed by atoms with Crippen molar-refractivity contribution >= 4 is 34.9 Å². The zero-order chi connectivity index (χ0) is 13.0. The Labute approximate surface area is 111 Å². The third kappa shape index (κ3) is 3.75. The number of amides is 1. The highest BCUT2D eigenvalue weighted by atomic mass is 35.5. The fourth-order valence-electron chi connectivity index (χ4n) is 1.51. The molecule has 0 saturated carbocycles. The van der Waals surface area contributed by atoms with E-state index in [1.807, 2.05) is 18.9 Å². The number of aromatic nitrogens is 1. The first-order valence-corrected chi connectivity index (χ1v) is 5.95. The first kappa shape index (κ1) is 14.1. The van der Waals surface area contributed by atoms with Crippen LogP contribution in [0.2, 0.25) is 10.0 Å². The van der Waals surface area contributed by atoms with E-state index in [0.29, 0.717) is 22.4 Å². The van der Waals surface area contributed by atoms with Gasteiger partial charge in [-0.05, 0) is 6.07 Å². The molecule has 0 unspecified atom stereocenters. The molecule has 1 rings (SSSR count). The minimum Gasteiger partial charge on any atom is -0.359 e. The van der Waals surface area contributed by atoms with Crippen molar-refractivity contribution in [1.82, 2.24) is 10.3 Å². The van der Waals surface area contributed by atoms with Crippen molar-refractivity contribution in [3.05, 3.63) is 22.3 Å². The largest absolute Gasteiger partial charge is 0.359 e. The Balaban J connectivity index is 2.76. The van der Waals surface area contributed by atoms with Crippen LogP contribution in [0, 0.1) is 5.92 Å². The molecule has 1 aromatic rings. The first-order chi connectivity index (χ1) is 7.95. The van der Waals surface area contributed by atoms with Gasteiger partial charge in [0.15, 0.2) is 0 Å². The van der Waals surface area contributed by atoms with Gasteiger partial charge in [-0.3, -0.25) is 4.79 Å². The number of hydrogen-bond acceptors (Lipinski definition) is 3. The molecule has 0 aromatic carbocycles. The molecular formula is C11H15Cl2N3O. The Bertz CT molecular complexity index is 412. The van der Waals surface area contributed by atoms with E-state index >= 15 is 0 Å². The minimum absolute atomic E-state index is 0.0121. The molecule has 17 heavy (non-hydrogen) atoms. The van der Waals surface area contributed by atoms with E-state index in [9.17, 15) is 4.79 Å². The van der Waals surface area contributed by atoms with E-state index in [1.54, 1.807) is 13.1 Å². The van der Waals surface area contributed by atoms with Crippen molar-refractivity contribution in [1.29, 1.82) is 0 Å². The number of nitrogens with zero attached hydrogens (tertiary/aromatic N) is 2. The second kappa shape index (κ2) is 6.07. The van der Waals surface area contributed by atoms with Gasteiger partial charge < -0.3 is 10.2 Å². The molecule has 0 aliphatic rings. The highest BCUT2D eigenvalue weighted by molar-refractivity contribution is 6.35. The molecule has 1 amide bonds. The smallest absolute Gasteiger partial charge is 0.224 e. The maximum Gasteiger partial charge on any atom is 0.224 e. The predicted octanol–water partition coefficient (Wildman–Crippen LogP) is 2.21. The number of nitrogens with one attached hydrogen (secondary N) is 1. The lowest BCUT2D eigenvalue weighted by Crippen LogP contribution is -2.34. The fourth-order valence-corrected chi connectivity index (χ4v) is 2.04. The van der Waals surface area contributed by atoms with Crippen molar-refractivity contribution in [3.63, 3.8) is 0 Å². The van der Waals surface area contributed by atoms with Crippen LogP contribution < -0.4 is 10.2 Å². The lowest BCUT2D eigenvalue weighted by atomic mass is 10.1. The van der Waals surface area contributed by atoms with Gasteiger partial charge in [0.2, 0.25) is 5.91 Å². The van der Waals surface area contributed by atoms with Crippen LogP contribution in [0.25, 0.3) is 0 Å². The lowest BCUT2D eigenvalue weighted by molar-refractivity contribution is -0.123. The highest BCUT2D eigenvalue weighted by Crippen LogP contribution is 2.25. The number of anilines is 1. The van der Waals surface area contributed by atoms with Crippen LogP contribution in [0.15, 0.2) is 12.3 Å². The molecule has 1 aromatic heterocycles. The van der Waals surface area contributed by atoms with Crippen molar-refractivity contribution in [3.8, 4) is 0 Å². The Morgan fingerprint density at radius 1 is 1.59 bits per heavy atom. The SMILES string of the molecule is CNC(=O)[C@H](C)CN(C)c1ncc(Cl)cc1Cl. The van der Waals surface area contributed by atoms with Gasteiger partial charge in [-0.15, -0.1) is 0 Å². The van der Waals surface area contributed by atoms with E-state index in [0.717, 1.165) is 0 Å². The second-order valence-corrected chi connectivity index (χ2v) is 4.70. The molecule has 1 heterocycles. The molecule has 0 fully saturated rings. The van der Waals surface area contributed by atoms with Crippen LogP contribution >= 0.6 is 23.2 Å². The molecule has 4 nitrogen and oxygen atoms in total. The zero-order valence-electron chi connectivity index (χ0n) is 10.00. The van der Waals surface area contributed by atoms with Gasteiger partial charge >= 0.3 is 0 Å². The summed E-state index contributed by atoms with van der Waals surface area (Å²) in [6.45, 7) is 2.38. The predicted molar refractivity (Wildman–Crippen MR) is 70.8 cm³/mol. The summed E-state index contributed by atoms with van der Waals surface area (Å²) < 4.78 is 0. The van der Waals surface area contributed by atoms with Gasteiger partial charge in [-0.2, -0.15) is 0 Å². The second-order valence-electron chi connectivity index (χ2n) is 3.85. The number of carbonyl (C=O) groups is 1. The van der Waals surface area contributed by atoms with Gasteiger partial charge in [-0.25, -0.2) is 4.98 Å². The Kier molecular flexibility index (Phi) is 5.02. The Morgan fingerprint density at radius 3 is 2.76 bits per heavy atom. The number of carbonyl (C=O) groups excluding carboxylic acids is 1. The van der Waals surface area contributed by atoms with Gasteiger partial charge in [0.05, 0.1) is 16.0 Å². The minimum atomic E-state index is -0.140. The van der Waals surface area contributed by atoms with Gasteiger partial charge in [0.25, 0.3) is 0 Å². The average Bonchev–Trinajstić information content (AvgIpc) is 2.27. The van der Waals surface area contributed by atoms with Gasteiger partial charge in [-0.1, -0.05) is 30.1 Å². The number of rotatable bonds is 4. The molecule has 1 N–H and O–H groups in total. The molecule has 0 bridgehead atoms. The Morgan fingerprint density at radius 2 is 2.24 bits per heavy atom. The number of pyridine rings is 1. The van der Waals surface area contributed by atoms with E-state index in [4.69, 9.17) is 23.2 Å². The summed E-state index contributed by atoms with van der Waals surface area (Å²) >= 11 is 11.8. The van der Waals surface area contributed by atoms with E-state index in [1.165, 1.54) is 6.20 Å². The molecule has 0 aliphatic heterocycles. The lowest BCUT2D eigenvalue weighted by Gasteiger charge is -2.22. The van der Waals surface area contributed by atoms with Crippen molar-refractivity contribution in [2.75, 3.05) is 25.5 Å². The standard InChI is InChI=1S/C11H15Cl2N3O/c1-7(11(17)14-2)6-16(3)10-9(13)4-8(12)5-15-10/h4-5,7H,6H2,1-3H3,(H,14,17)/t7-/m1/s1. The van der Waals surface area contributed by atoms with Crippen molar-refractivity contribution in [2.24, 2.45) is 5.92 Å². The van der Waals surface area contributed by atoms with Crippen LogP contribution in [0.1, 0.15) is 6.92 Å². The normalized spacial score (nSPS) is 12.1. The molecule has 0 radical (unpaired) electrons. The average molecular weight is 276 g/mol. The summed E-state index contributed by atoms with van der Waals surface area (Å²) in [5.74, 6) is 0.465. The van der Waals surface area contributed by atoms with Crippen LogP contribution in [0.5, 0.6) is 0 Å². The van der Waals surface area contributed by atoms with Gasteiger partial charge in [0.1, 0.15) is 5.82 Å².